The number of hydrogen-bond acceptors (Lipinski definition) is 3. The molecule has 84 valence electrons. The molecule has 0 saturated carbocycles. The molecule has 0 rings (SSSR count). The minimum Gasteiger partial charge on any atom is -0.508 e. The van der Waals surface area contributed by atoms with Crippen molar-refractivity contribution in [3.05, 3.63) is 48.3 Å². The first-order chi connectivity index (χ1) is 7.02. The lowest BCUT2D eigenvalue weighted by molar-refractivity contribution is 0.238. The molecule has 0 aliphatic heterocycles. The molecule has 0 fully saturated rings. The van der Waals surface area contributed by atoms with Crippen molar-refractivity contribution in [2.45, 2.75) is 26.7 Å². The predicted octanol–water partition coefficient (Wildman–Crippen LogP) is 3.73. The normalized spacial score (nSPS) is 13.7. The molecule has 0 heterocycles. The molecule has 15 heavy (non-hydrogen) atoms. The van der Waals surface area contributed by atoms with E-state index in [1.807, 2.05) is 0 Å². The Morgan fingerprint density at radius 2 is 1.33 bits per heavy atom. The van der Waals surface area contributed by atoms with E-state index in [2.05, 4.69) is 13.2 Å². The Labute approximate surface area is 90.7 Å². The largest absolute Gasteiger partial charge is 0.508 e. The maximum atomic E-state index is 9.44. The van der Waals surface area contributed by atoms with Crippen LogP contribution in [0.15, 0.2) is 48.3 Å². The summed E-state index contributed by atoms with van der Waals surface area (Å²) in [5, 5.41) is 18.9. The third-order valence-electron chi connectivity index (χ3n) is 1.79. The monoisotopic (exact) mass is 210 g/mol. The molecule has 0 unspecified atom stereocenters. The highest BCUT2D eigenvalue weighted by atomic mass is 16.5. The van der Waals surface area contributed by atoms with E-state index in [4.69, 9.17) is 4.74 Å². The van der Waals surface area contributed by atoms with Gasteiger partial charge in [0.25, 0.3) is 0 Å². The fourth-order valence-electron chi connectivity index (χ4n) is 0.908. The Balaban J connectivity index is 4.58. The third kappa shape index (κ3) is 4.96. The highest BCUT2D eigenvalue weighted by molar-refractivity contribution is 5.08. The van der Waals surface area contributed by atoms with Crippen molar-refractivity contribution in [3.8, 4) is 0 Å². The lowest BCUT2D eigenvalue weighted by Gasteiger charge is -2.09. The highest BCUT2D eigenvalue weighted by Crippen LogP contribution is 2.15. The molecule has 0 aromatic carbocycles. The second-order valence-corrected chi connectivity index (χ2v) is 3.09. The van der Waals surface area contributed by atoms with Crippen LogP contribution in [0.3, 0.4) is 0 Å². The topological polar surface area (TPSA) is 49.7 Å². The summed E-state index contributed by atoms with van der Waals surface area (Å²) in [5.41, 5.74) is 0. The Morgan fingerprint density at radius 1 is 1.00 bits per heavy atom. The summed E-state index contributed by atoms with van der Waals surface area (Å²) in [7, 11) is 0. The number of rotatable bonds is 6. The number of allylic oxidation sites excluding steroid dienone is 4. The van der Waals surface area contributed by atoms with Crippen LogP contribution in [0.1, 0.15) is 26.7 Å². The number of ether oxygens (including phenoxy) is 1. The highest BCUT2D eigenvalue weighted by Gasteiger charge is 2.04. The molecule has 2 N–H and O–H groups in total. The minimum atomic E-state index is 0.107. The van der Waals surface area contributed by atoms with Crippen molar-refractivity contribution < 1.29 is 14.9 Å². The van der Waals surface area contributed by atoms with Crippen LogP contribution in [0, 0.1) is 0 Å². The van der Waals surface area contributed by atoms with E-state index in [0.717, 1.165) is 0 Å². The number of aliphatic hydroxyl groups excluding tert-OH is 2. The lowest BCUT2D eigenvalue weighted by atomic mass is 10.3. The van der Waals surface area contributed by atoms with Crippen molar-refractivity contribution in [2.75, 3.05) is 0 Å². The standard InChI is InChI=1S/C12H18O3/c1-5-7-11(13)9(3)15-10(4)12(14)8-6-2/h5-6,13-14H,1-2,7-8H2,3-4H3. The maximum absolute atomic E-state index is 9.44. The molecule has 0 atom stereocenters. The Morgan fingerprint density at radius 3 is 1.60 bits per heavy atom. The fraction of sp³-hybridized carbons (Fsp3) is 0.333. The van der Waals surface area contributed by atoms with Gasteiger partial charge in [-0.3, -0.25) is 0 Å². The van der Waals surface area contributed by atoms with Gasteiger partial charge in [0, 0.05) is 12.8 Å². The summed E-state index contributed by atoms with van der Waals surface area (Å²) in [6.45, 7) is 10.3. The molecular weight excluding hydrogens is 192 g/mol. The summed E-state index contributed by atoms with van der Waals surface area (Å²) in [4.78, 5) is 0. The predicted molar refractivity (Wildman–Crippen MR) is 61.4 cm³/mol. The van der Waals surface area contributed by atoms with Gasteiger partial charge in [-0.15, -0.1) is 13.2 Å². The average molecular weight is 210 g/mol. The molecule has 0 aromatic heterocycles. The van der Waals surface area contributed by atoms with Gasteiger partial charge < -0.3 is 14.9 Å². The van der Waals surface area contributed by atoms with Gasteiger partial charge in [-0.2, -0.15) is 0 Å². The second-order valence-electron chi connectivity index (χ2n) is 3.09. The van der Waals surface area contributed by atoms with Crippen molar-refractivity contribution >= 4 is 0 Å². The van der Waals surface area contributed by atoms with Crippen LogP contribution in [0.4, 0.5) is 0 Å². The molecule has 0 spiro atoms. The van der Waals surface area contributed by atoms with Crippen molar-refractivity contribution in [1.82, 2.24) is 0 Å². The summed E-state index contributed by atoms with van der Waals surface area (Å²) in [6.07, 6.45) is 3.85. The van der Waals surface area contributed by atoms with Crippen LogP contribution in [-0.4, -0.2) is 10.2 Å². The van der Waals surface area contributed by atoms with Crippen LogP contribution in [0.5, 0.6) is 0 Å². The lowest BCUT2D eigenvalue weighted by Crippen LogP contribution is -1.95. The summed E-state index contributed by atoms with van der Waals surface area (Å²) >= 11 is 0. The van der Waals surface area contributed by atoms with E-state index in [1.165, 1.54) is 0 Å². The average Bonchev–Trinajstić information content (AvgIpc) is 2.18. The maximum Gasteiger partial charge on any atom is 0.138 e. The van der Waals surface area contributed by atoms with Crippen molar-refractivity contribution in [1.29, 1.82) is 0 Å². The van der Waals surface area contributed by atoms with Gasteiger partial charge in [0.15, 0.2) is 0 Å². The summed E-state index contributed by atoms with van der Waals surface area (Å²) < 4.78 is 5.24. The van der Waals surface area contributed by atoms with E-state index >= 15 is 0 Å². The van der Waals surface area contributed by atoms with E-state index < -0.39 is 0 Å². The van der Waals surface area contributed by atoms with Gasteiger partial charge in [0.2, 0.25) is 0 Å². The first kappa shape index (κ1) is 13.4. The van der Waals surface area contributed by atoms with Gasteiger partial charge in [0.1, 0.15) is 23.0 Å². The van der Waals surface area contributed by atoms with Gasteiger partial charge in [-0.05, 0) is 13.8 Å². The zero-order valence-electron chi connectivity index (χ0n) is 9.29. The van der Waals surface area contributed by atoms with Crippen LogP contribution in [0.25, 0.3) is 0 Å². The van der Waals surface area contributed by atoms with Crippen LogP contribution in [0.2, 0.25) is 0 Å². The smallest absolute Gasteiger partial charge is 0.138 e. The Kier molecular flexibility index (Phi) is 6.02. The summed E-state index contributed by atoms with van der Waals surface area (Å²) in [6, 6.07) is 0. The van der Waals surface area contributed by atoms with Gasteiger partial charge in [0.05, 0.1) is 0 Å². The van der Waals surface area contributed by atoms with E-state index in [1.54, 1.807) is 26.0 Å². The molecular formula is C12H18O3. The molecule has 0 amide bonds. The number of hydrogen-bond donors (Lipinski definition) is 2. The van der Waals surface area contributed by atoms with Gasteiger partial charge in [-0.1, -0.05) is 12.2 Å². The van der Waals surface area contributed by atoms with Crippen LogP contribution in [-0.2, 0) is 4.74 Å². The molecule has 0 saturated heterocycles. The Bertz CT molecular complexity index is 268. The third-order valence-corrected chi connectivity index (χ3v) is 1.79. The van der Waals surface area contributed by atoms with E-state index in [9.17, 15) is 10.2 Å². The first-order valence-corrected chi connectivity index (χ1v) is 4.70. The van der Waals surface area contributed by atoms with E-state index in [-0.39, 0.29) is 11.5 Å². The molecule has 3 nitrogen and oxygen atoms in total. The zero-order valence-corrected chi connectivity index (χ0v) is 9.29. The second kappa shape index (κ2) is 6.76. The number of aliphatic hydroxyl groups is 2. The van der Waals surface area contributed by atoms with Crippen molar-refractivity contribution in [2.24, 2.45) is 0 Å². The van der Waals surface area contributed by atoms with Gasteiger partial charge >= 0.3 is 0 Å². The molecule has 0 aromatic rings. The minimum absolute atomic E-state index is 0.107. The van der Waals surface area contributed by atoms with E-state index in [0.29, 0.717) is 24.4 Å². The van der Waals surface area contributed by atoms with Crippen LogP contribution < -0.4 is 0 Å². The molecule has 0 aliphatic carbocycles. The zero-order chi connectivity index (χ0) is 11.8. The molecule has 0 bridgehead atoms. The fourth-order valence-corrected chi connectivity index (χ4v) is 0.908. The van der Waals surface area contributed by atoms with Crippen molar-refractivity contribution in [3.63, 3.8) is 0 Å². The van der Waals surface area contributed by atoms with Gasteiger partial charge in [-0.25, -0.2) is 0 Å². The SMILES string of the molecule is C=CCC(O)=C(C)OC(C)=C(O)CC=C. The van der Waals surface area contributed by atoms with Crippen LogP contribution >= 0.6 is 0 Å². The summed E-state index contributed by atoms with van der Waals surface area (Å²) in [5.74, 6) is 0.942. The first-order valence-electron chi connectivity index (χ1n) is 4.70. The molecule has 3 heteroatoms. The molecule has 0 aliphatic rings. The Hall–Kier alpha value is -1.64. The quantitative estimate of drug-likeness (QED) is 0.518. The molecule has 0 radical (unpaired) electrons.